The van der Waals surface area contributed by atoms with Crippen molar-refractivity contribution in [2.24, 2.45) is 0 Å². The van der Waals surface area contributed by atoms with Crippen LogP contribution in [0.2, 0.25) is 0 Å². The second-order valence-electron chi connectivity index (χ2n) is 6.94. The Morgan fingerprint density at radius 3 is 2.46 bits per heavy atom. The van der Waals surface area contributed by atoms with Crippen molar-refractivity contribution in [2.45, 2.75) is 51.0 Å². The smallest absolute Gasteiger partial charge is 0.229 e. The quantitative estimate of drug-likeness (QED) is 0.812. The molecule has 1 aliphatic rings. The van der Waals surface area contributed by atoms with Crippen LogP contribution >= 0.6 is 0 Å². The van der Waals surface area contributed by atoms with Crippen LogP contribution in [0.4, 0.5) is 0 Å². The molecule has 3 nitrogen and oxygen atoms in total. The first-order valence-electron chi connectivity index (χ1n) is 8.94. The topological polar surface area (TPSA) is 29.5 Å². The van der Waals surface area contributed by atoms with Gasteiger partial charge in [0, 0.05) is 13.1 Å². The molecule has 24 heavy (non-hydrogen) atoms. The molecule has 2 aromatic rings. The summed E-state index contributed by atoms with van der Waals surface area (Å²) in [5.41, 5.74) is 1.08. The number of benzene rings is 2. The number of hydrogen-bond donors (Lipinski definition) is 0. The lowest BCUT2D eigenvalue weighted by atomic mass is 9.92. The number of amides is 1. The third-order valence-electron chi connectivity index (χ3n) is 5.41. The molecular weight excluding hydrogens is 298 g/mol. The van der Waals surface area contributed by atoms with E-state index in [1.807, 2.05) is 31.0 Å². The number of hydrogen-bond acceptors (Lipinski definition) is 2. The monoisotopic (exact) mass is 325 g/mol. The number of methoxy groups -OCH3 is 1. The van der Waals surface area contributed by atoms with E-state index in [-0.39, 0.29) is 11.8 Å². The van der Waals surface area contributed by atoms with Gasteiger partial charge in [-0.25, -0.2) is 0 Å². The first-order valence-corrected chi connectivity index (χ1v) is 8.94. The third kappa shape index (κ3) is 3.40. The highest BCUT2D eigenvalue weighted by atomic mass is 16.5. The zero-order valence-corrected chi connectivity index (χ0v) is 14.9. The molecule has 0 bridgehead atoms. The summed E-state index contributed by atoms with van der Waals surface area (Å²) in [7, 11) is 3.65. The lowest BCUT2D eigenvalue weighted by molar-refractivity contribution is -0.133. The van der Waals surface area contributed by atoms with Crippen molar-refractivity contribution in [3.05, 3.63) is 42.0 Å². The van der Waals surface area contributed by atoms with Crippen molar-refractivity contribution in [1.29, 1.82) is 0 Å². The van der Waals surface area contributed by atoms with Gasteiger partial charge in [-0.1, -0.05) is 43.5 Å². The highest BCUT2D eigenvalue weighted by molar-refractivity contribution is 5.88. The lowest BCUT2D eigenvalue weighted by Gasteiger charge is -2.33. The summed E-state index contributed by atoms with van der Waals surface area (Å²) in [4.78, 5) is 14.9. The predicted molar refractivity (Wildman–Crippen MR) is 98.6 cm³/mol. The largest absolute Gasteiger partial charge is 0.497 e. The SMILES string of the molecule is COc1ccc2cc(C(C)C(=O)N(C)C3CCCCC3)ccc2c1. The number of likely N-dealkylation sites (N-methyl/N-ethyl adjacent to an activating group) is 1. The Morgan fingerprint density at radius 2 is 1.75 bits per heavy atom. The van der Waals surface area contributed by atoms with Crippen LogP contribution in [0, 0.1) is 0 Å². The Labute approximate surface area is 144 Å². The number of nitrogens with zero attached hydrogens (tertiary/aromatic N) is 1. The predicted octanol–water partition coefficient (Wildman–Crippen LogP) is 4.74. The highest BCUT2D eigenvalue weighted by Crippen LogP contribution is 2.28. The minimum atomic E-state index is -0.108. The molecule has 1 saturated carbocycles. The molecule has 0 saturated heterocycles. The van der Waals surface area contributed by atoms with E-state index in [1.165, 1.54) is 19.3 Å². The Morgan fingerprint density at radius 1 is 1.08 bits per heavy atom. The molecule has 3 heteroatoms. The van der Waals surface area contributed by atoms with Gasteiger partial charge < -0.3 is 9.64 Å². The van der Waals surface area contributed by atoms with E-state index in [1.54, 1.807) is 7.11 Å². The fourth-order valence-electron chi connectivity index (χ4n) is 3.73. The van der Waals surface area contributed by atoms with Gasteiger partial charge in [0.25, 0.3) is 0 Å². The maximum atomic E-state index is 12.9. The lowest BCUT2D eigenvalue weighted by Crippen LogP contribution is -2.40. The van der Waals surface area contributed by atoms with Crippen molar-refractivity contribution in [3.8, 4) is 5.75 Å². The molecule has 0 radical (unpaired) electrons. The van der Waals surface area contributed by atoms with Crippen molar-refractivity contribution >= 4 is 16.7 Å². The van der Waals surface area contributed by atoms with Gasteiger partial charge >= 0.3 is 0 Å². The standard InChI is InChI=1S/C21H27NO2/c1-15(21(23)22(2)19-7-5-4-6-8-19)16-9-10-18-14-20(24-3)12-11-17(18)13-16/h9-15,19H,4-8H2,1-3H3. The minimum Gasteiger partial charge on any atom is -0.497 e. The van der Waals surface area contributed by atoms with Crippen LogP contribution in [-0.4, -0.2) is 31.0 Å². The van der Waals surface area contributed by atoms with E-state index in [4.69, 9.17) is 4.74 Å². The molecule has 3 rings (SSSR count). The van der Waals surface area contributed by atoms with Gasteiger partial charge in [-0.05, 0) is 48.2 Å². The molecule has 0 aliphatic heterocycles. The summed E-state index contributed by atoms with van der Waals surface area (Å²) in [6, 6.07) is 12.7. The summed E-state index contributed by atoms with van der Waals surface area (Å²) >= 11 is 0. The summed E-state index contributed by atoms with van der Waals surface area (Å²) in [5.74, 6) is 0.981. The van der Waals surface area contributed by atoms with Crippen LogP contribution in [0.25, 0.3) is 10.8 Å². The van der Waals surface area contributed by atoms with Crippen molar-refractivity contribution < 1.29 is 9.53 Å². The highest BCUT2D eigenvalue weighted by Gasteiger charge is 2.26. The van der Waals surface area contributed by atoms with E-state index >= 15 is 0 Å². The Kier molecular flexibility index (Phi) is 5.08. The molecule has 2 aromatic carbocycles. The summed E-state index contributed by atoms with van der Waals surface area (Å²) < 4.78 is 5.28. The van der Waals surface area contributed by atoms with Crippen molar-refractivity contribution in [3.63, 3.8) is 0 Å². The molecule has 0 N–H and O–H groups in total. The Balaban J connectivity index is 1.79. The third-order valence-corrected chi connectivity index (χ3v) is 5.41. The molecule has 1 fully saturated rings. The van der Waals surface area contributed by atoms with Crippen molar-refractivity contribution in [1.82, 2.24) is 4.90 Å². The number of carbonyl (C=O) groups is 1. The van der Waals surface area contributed by atoms with Crippen LogP contribution < -0.4 is 4.74 Å². The second kappa shape index (κ2) is 7.25. The second-order valence-corrected chi connectivity index (χ2v) is 6.94. The van der Waals surface area contributed by atoms with Crippen molar-refractivity contribution in [2.75, 3.05) is 14.2 Å². The number of ether oxygens (including phenoxy) is 1. The first kappa shape index (κ1) is 16.8. The number of rotatable bonds is 4. The average molecular weight is 325 g/mol. The normalized spacial score (nSPS) is 16.8. The zero-order valence-electron chi connectivity index (χ0n) is 14.9. The van der Waals surface area contributed by atoms with Gasteiger partial charge in [-0.3, -0.25) is 4.79 Å². The summed E-state index contributed by atoms with van der Waals surface area (Å²) in [6.07, 6.45) is 6.09. The average Bonchev–Trinajstić information content (AvgIpc) is 2.66. The van der Waals surface area contributed by atoms with Gasteiger partial charge in [0.05, 0.1) is 13.0 Å². The molecule has 128 valence electrons. The van der Waals surface area contributed by atoms with Gasteiger partial charge in [0.15, 0.2) is 0 Å². The number of fused-ring (bicyclic) bond motifs is 1. The Bertz CT molecular complexity index is 719. The fourth-order valence-corrected chi connectivity index (χ4v) is 3.73. The molecule has 0 heterocycles. The maximum absolute atomic E-state index is 12.9. The minimum absolute atomic E-state index is 0.108. The summed E-state index contributed by atoms with van der Waals surface area (Å²) in [5, 5.41) is 2.28. The molecule has 0 aromatic heterocycles. The van der Waals surface area contributed by atoms with Crippen LogP contribution in [0.5, 0.6) is 5.75 Å². The molecule has 1 amide bonds. The van der Waals surface area contributed by atoms with E-state index in [2.05, 4.69) is 24.3 Å². The number of carbonyl (C=O) groups excluding carboxylic acids is 1. The van der Waals surface area contributed by atoms with Crippen LogP contribution in [0.3, 0.4) is 0 Å². The molecule has 1 atom stereocenters. The van der Waals surface area contributed by atoms with Gasteiger partial charge in [0.1, 0.15) is 5.75 Å². The van der Waals surface area contributed by atoms with Gasteiger partial charge in [-0.15, -0.1) is 0 Å². The van der Waals surface area contributed by atoms with E-state index in [0.717, 1.165) is 34.9 Å². The van der Waals surface area contributed by atoms with Gasteiger partial charge in [-0.2, -0.15) is 0 Å². The first-order chi connectivity index (χ1) is 11.6. The zero-order chi connectivity index (χ0) is 17.1. The molecule has 0 spiro atoms. The van der Waals surface area contributed by atoms with E-state index in [0.29, 0.717) is 6.04 Å². The molecule has 1 unspecified atom stereocenters. The maximum Gasteiger partial charge on any atom is 0.229 e. The van der Waals surface area contributed by atoms with Crippen LogP contribution in [-0.2, 0) is 4.79 Å². The van der Waals surface area contributed by atoms with Gasteiger partial charge in [0.2, 0.25) is 5.91 Å². The van der Waals surface area contributed by atoms with E-state index in [9.17, 15) is 4.79 Å². The molecular formula is C21H27NO2. The fraction of sp³-hybridized carbons (Fsp3) is 0.476. The van der Waals surface area contributed by atoms with E-state index < -0.39 is 0 Å². The Hall–Kier alpha value is -2.03. The van der Waals surface area contributed by atoms with Crippen LogP contribution in [0.15, 0.2) is 36.4 Å². The van der Waals surface area contributed by atoms with Crippen LogP contribution in [0.1, 0.15) is 50.5 Å². The molecule has 1 aliphatic carbocycles. The summed E-state index contributed by atoms with van der Waals surface area (Å²) in [6.45, 7) is 2.02.